The van der Waals surface area contributed by atoms with Gasteiger partial charge in [0.2, 0.25) is 5.91 Å². The highest BCUT2D eigenvalue weighted by atomic mass is 35.5. The number of anilines is 1. The van der Waals surface area contributed by atoms with Gasteiger partial charge < -0.3 is 15.8 Å². The normalized spacial score (nSPS) is 16.7. The van der Waals surface area contributed by atoms with E-state index in [4.69, 9.17) is 10.5 Å². The number of nitrogens with one attached hydrogen (secondary N) is 1. The number of benzene rings is 1. The Morgan fingerprint density at radius 2 is 2.05 bits per heavy atom. The fourth-order valence-electron chi connectivity index (χ4n) is 3.00. The van der Waals surface area contributed by atoms with Gasteiger partial charge in [-0.3, -0.25) is 4.79 Å². The second kappa shape index (κ2) is 8.25. The molecule has 0 heterocycles. The predicted molar refractivity (Wildman–Crippen MR) is 88.1 cm³/mol. The van der Waals surface area contributed by atoms with Crippen LogP contribution in [0.3, 0.4) is 0 Å². The van der Waals surface area contributed by atoms with Crippen molar-refractivity contribution in [1.82, 2.24) is 0 Å². The van der Waals surface area contributed by atoms with Gasteiger partial charge in [0, 0.05) is 18.2 Å². The minimum atomic E-state index is 0. The summed E-state index contributed by atoms with van der Waals surface area (Å²) in [4.78, 5) is 12.2. The lowest BCUT2D eigenvalue weighted by Crippen LogP contribution is -2.36. The van der Waals surface area contributed by atoms with Gasteiger partial charge in [-0.1, -0.05) is 25.3 Å². The van der Waals surface area contributed by atoms with Crippen LogP contribution in [0.5, 0.6) is 5.75 Å². The average Bonchev–Trinajstić information content (AvgIpc) is 2.48. The molecule has 1 aromatic rings. The van der Waals surface area contributed by atoms with Crippen LogP contribution < -0.4 is 15.8 Å². The number of halogens is 1. The lowest BCUT2D eigenvalue weighted by atomic mass is 9.71. The fourth-order valence-corrected chi connectivity index (χ4v) is 3.00. The highest BCUT2D eigenvalue weighted by Gasteiger charge is 2.32. The van der Waals surface area contributed by atoms with E-state index in [1.165, 1.54) is 19.3 Å². The molecule has 2 rings (SSSR count). The molecule has 1 aliphatic carbocycles. The zero-order valence-electron chi connectivity index (χ0n) is 12.6. The molecular formula is C16H25ClN2O2. The second-order valence-electron chi connectivity index (χ2n) is 5.72. The predicted octanol–water partition coefficient (Wildman–Crippen LogP) is 3.35. The van der Waals surface area contributed by atoms with Crippen LogP contribution in [0.1, 0.15) is 38.5 Å². The maximum atomic E-state index is 12.2. The van der Waals surface area contributed by atoms with E-state index >= 15 is 0 Å². The number of methoxy groups -OCH3 is 1. The van der Waals surface area contributed by atoms with E-state index < -0.39 is 0 Å². The molecule has 1 aliphatic rings. The Hall–Kier alpha value is -1.26. The molecule has 3 N–H and O–H groups in total. The van der Waals surface area contributed by atoms with Gasteiger partial charge in [0.15, 0.2) is 0 Å². The smallest absolute Gasteiger partial charge is 0.224 e. The van der Waals surface area contributed by atoms with Crippen molar-refractivity contribution in [1.29, 1.82) is 0 Å². The first kappa shape index (κ1) is 17.8. The molecule has 1 fully saturated rings. The van der Waals surface area contributed by atoms with Gasteiger partial charge in [0.05, 0.1) is 7.11 Å². The Kier molecular flexibility index (Phi) is 6.99. The third-order valence-electron chi connectivity index (χ3n) is 4.24. The Morgan fingerprint density at radius 1 is 1.33 bits per heavy atom. The fraction of sp³-hybridized carbons (Fsp3) is 0.562. The number of hydrogen-bond acceptors (Lipinski definition) is 3. The number of carbonyl (C=O) groups is 1. The van der Waals surface area contributed by atoms with E-state index in [-0.39, 0.29) is 23.7 Å². The Labute approximate surface area is 132 Å². The lowest BCUT2D eigenvalue weighted by molar-refractivity contribution is -0.118. The van der Waals surface area contributed by atoms with Crippen molar-refractivity contribution in [3.63, 3.8) is 0 Å². The molecule has 118 valence electrons. The first-order valence-corrected chi connectivity index (χ1v) is 7.31. The van der Waals surface area contributed by atoms with Gasteiger partial charge >= 0.3 is 0 Å². The summed E-state index contributed by atoms with van der Waals surface area (Å²) in [6.45, 7) is 0.596. The maximum Gasteiger partial charge on any atom is 0.224 e. The second-order valence-corrected chi connectivity index (χ2v) is 5.72. The molecule has 0 atom stereocenters. The van der Waals surface area contributed by atoms with E-state index in [1.807, 2.05) is 24.3 Å². The summed E-state index contributed by atoms with van der Waals surface area (Å²) >= 11 is 0. The number of ether oxygens (including phenoxy) is 1. The third-order valence-corrected chi connectivity index (χ3v) is 4.24. The average molecular weight is 313 g/mol. The summed E-state index contributed by atoms with van der Waals surface area (Å²) in [6.07, 6.45) is 6.28. The molecule has 1 aromatic carbocycles. The van der Waals surface area contributed by atoms with Crippen LogP contribution in [0.2, 0.25) is 0 Å². The molecule has 0 spiro atoms. The van der Waals surface area contributed by atoms with Gasteiger partial charge in [-0.05, 0) is 36.9 Å². The van der Waals surface area contributed by atoms with Crippen molar-refractivity contribution in [2.45, 2.75) is 38.5 Å². The molecule has 0 aromatic heterocycles. The summed E-state index contributed by atoms with van der Waals surface area (Å²) in [5.41, 5.74) is 6.70. The first-order chi connectivity index (χ1) is 9.67. The topological polar surface area (TPSA) is 64.3 Å². The van der Waals surface area contributed by atoms with Gasteiger partial charge in [0.25, 0.3) is 0 Å². The molecule has 0 radical (unpaired) electrons. The monoisotopic (exact) mass is 312 g/mol. The first-order valence-electron chi connectivity index (χ1n) is 7.31. The summed E-state index contributed by atoms with van der Waals surface area (Å²) < 4.78 is 5.16. The number of carbonyl (C=O) groups excluding carboxylic acids is 1. The van der Waals surface area contributed by atoms with E-state index in [1.54, 1.807) is 7.11 Å². The maximum absolute atomic E-state index is 12.2. The van der Waals surface area contributed by atoms with Crippen LogP contribution in [-0.2, 0) is 4.79 Å². The standard InChI is InChI=1S/C16H24N2O2.ClH/c1-20-14-7-5-6-13(10-14)18-15(19)11-16(12-17)8-3-2-4-9-16;/h5-7,10H,2-4,8-9,11-12,17H2,1H3,(H,18,19);1H. The van der Waals surface area contributed by atoms with Crippen molar-refractivity contribution in [3.05, 3.63) is 24.3 Å². The van der Waals surface area contributed by atoms with Crippen molar-refractivity contribution < 1.29 is 9.53 Å². The molecule has 21 heavy (non-hydrogen) atoms. The van der Waals surface area contributed by atoms with Crippen molar-refractivity contribution in [2.24, 2.45) is 11.1 Å². The minimum absolute atomic E-state index is 0. The van der Waals surface area contributed by atoms with E-state index in [9.17, 15) is 4.79 Å². The van der Waals surface area contributed by atoms with Gasteiger partial charge in [0.1, 0.15) is 5.75 Å². The quantitative estimate of drug-likeness (QED) is 0.876. The van der Waals surface area contributed by atoms with Gasteiger partial charge in [-0.25, -0.2) is 0 Å². The number of amides is 1. The van der Waals surface area contributed by atoms with Gasteiger partial charge in [-0.2, -0.15) is 0 Å². The number of rotatable bonds is 5. The molecule has 0 unspecified atom stereocenters. The summed E-state index contributed by atoms with van der Waals surface area (Å²) in [5, 5.41) is 2.95. The Morgan fingerprint density at radius 3 is 2.67 bits per heavy atom. The summed E-state index contributed by atoms with van der Waals surface area (Å²) in [7, 11) is 1.62. The molecule has 4 nitrogen and oxygen atoms in total. The van der Waals surface area contributed by atoms with E-state index in [0.29, 0.717) is 13.0 Å². The highest BCUT2D eigenvalue weighted by molar-refractivity contribution is 5.91. The van der Waals surface area contributed by atoms with Crippen LogP contribution in [0.4, 0.5) is 5.69 Å². The van der Waals surface area contributed by atoms with E-state index in [2.05, 4.69) is 5.32 Å². The van der Waals surface area contributed by atoms with Crippen molar-refractivity contribution in [2.75, 3.05) is 19.0 Å². The summed E-state index contributed by atoms with van der Waals surface area (Å²) in [5.74, 6) is 0.791. The molecule has 0 bridgehead atoms. The minimum Gasteiger partial charge on any atom is -0.497 e. The lowest BCUT2D eigenvalue weighted by Gasteiger charge is -2.35. The van der Waals surface area contributed by atoms with Crippen molar-refractivity contribution in [3.8, 4) is 5.75 Å². The van der Waals surface area contributed by atoms with Crippen LogP contribution in [0, 0.1) is 5.41 Å². The Bertz CT molecular complexity index is 459. The molecule has 1 saturated carbocycles. The molecule has 5 heteroatoms. The SMILES string of the molecule is COc1cccc(NC(=O)CC2(CN)CCCCC2)c1.Cl. The van der Waals surface area contributed by atoms with Crippen LogP contribution in [-0.4, -0.2) is 19.6 Å². The molecule has 0 saturated heterocycles. The zero-order valence-corrected chi connectivity index (χ0v) is 13.4. The van der Waals surface area contributed by atoms with Gasteiger partial charge in [-0.15, -0.1) is 12.4 Å². The third kappa shape index (κ3) is 4.90. The highest BCUT2D eigenvalue weighted by Crippen LogP contribution is 2.38. The number of nitrogens with two attached hydrogens (primary N) is 1. The van der Waals surface area contributed by atoms with E-state index in [0.717, 1.165) is 24.3 Å². The van der Waals surface area contributed by atoms with Crippen LogP contribution in [0.15, 0.2) is 24.3 Å². The molecule has 0 aliphatic heterocycles. The Balaban J connectivity index is 0.00000220. The van der Waals surface area contributed by atoms with Crippen molar-refractivity contribution >= 4 is 24.0 Å². The molecular weight excluding hydrogens is 288 g/mol. The largest absolute Gasteiger partial charge is 0.497 e. The van der Waals surface area contributed by atoms with Crippen LogP contribution >= 0.6 is 12.4 Å². The zero-order chi connectivity index (χ0) is 14.4. The summed E-state index contributed by atoms with van der Waals surface area (Å²) in [6, 6.07) is 7.43. The number of hydrogen-bond donors (Lipinski definition) is 2. The van der Waals surface area contributed by atoms with Crippen LogP contribution in [0.25, 0.3) is 0 Å². The molecule has 1 amide bonds.